The van der Waals surface area contributed by atoms with Crippen LogP contribution in [0.5, 0.6) is 0 Å². The van der Waals surface area contributed by atoms with Crippen molar-refractivity contribution >= 4 is 5.97 Å². The quantitative estimate of drug-likeness (QED) is 0.722. The van der Waals surface area contributed by atoms with Gasteiger partial charge in [-0.05, 0) is 6.92 Å². The Kier molecular flexibility index (Phi) is 4.02. The van der Waals surface area contributed by atoms with E-state index >= 15 is 0 Å². The molecule has 0 radical (unpaired) electrons. The Labute approximate surface area is 67.1 Å². The largest absolute Gasteiger partial charge is 0.481 e. The van der Waals surface area contributed by atoms with Crippen LogP contribution < -0.4 is 0 Å². The van der Waals surface area contributed by atoms with Crippen LogP contribution in [-0.4, -0.2) is 30.0 Å². The molecule has 0 aromatic rings. The highest BCUT2D eigenvalue weighted by Crippen LogP contribution is 2.22. The molecule has 1 N–H and O–H groups in total. The molecular weight excluding hydrogens is 177 g/mol. The number of ether oxygens (including phenoxy) is 1. The molecule has 0 amide bonds. The molecule has 0 saturated carbocycles. The van der Waals surface area contributed by atoms with Crippen LogP contribution in [0.2, 0.25) is 0 Å². The van der Waals surface area contributed by atoms with Crippen LogP contribution in [0.1, 0.15) is 13.3 Å². The Morgan fingerprint density at radius 1 is 1.58 bits per heavy atom. The molecule has 3 nitrogen and oxygen atoms in total. The molecule has 0 unspecified atom stereocenters. The van der Waals surface area contributed by atoms with Gasteiger partial charge in [0, 0.05) is 0 Å². The summed E-state index contributed by atoms with van der Waals surface area (Å²) in [6, 6.07) is 0. The standard InChI is InChI=1S/C6H9F3O3/c1-4(6(7,8)9)12-3-2-5(10)11/h4H,2-3H2,1H3,(H,10,11)/t4-/m0/s1. The molecule has 72 valence electrons. The third-order valence-electron chi connectivity index (χ3n) is 1.14. The number of rotatable bonds is 4. The lowest BCUT2D eigenvalue weighted by Gasteiger charge is -2.15. The van der Waals surface area contributed by atoms with Crippen molar-refractivity contribution in [2.75, 3.05) is 6.61 Å². The van der Waals surface area contributed by atoms with Gasteiger partial charge in [0.25, 0.3) is 0 Å². The van der Waals surface area contributed by atoms with Crippen molar-refractivity contribution in [2.45, 2.75) is 25.6 Å². The zero-order valence-electron chi connectivity index (χ0n) is 6.39. The van der Waals surface area contributed by atoms with Crippen LogP contribution in [0, 0.1) is 0 Å². The van der Waals surface area contributed by atoms with Crippen LogP contribution in [-0.2, 0) is 9.53 Å². The summed E-state index contributed by atoms with van der Waals surface area (Å²) >= 11 is 0. The highest BCUT2D eigenvalue weighted by Gasteiger charge is 2.36. The zero-order chi connectivity index (χ0) is 9.78. The van der Waals surface area contributed by atoms with Crippen molar-refractivity contribution in [3.05, 3.63) is 0 Å². The number of aliphatic carboxylic acids is 1. The molecule has 0 aliphatic rings. The second-order valence-corrected chi connectivity index (χ2v) is 2.20. The van der Waals surface area contributed by atoms with Gasteiger partial charge < -0.3 is 9.84 Å². The fraction of sp³-hybridized carbons (Fsp3) is 0.833. The molecule has 1 atom stereocenters. The second-order valence-electron chi connectivity index (χ2n) is 2.20. The SMILES string of the molecule is C[C@H](OCCC(=O)O)C(F)(F)F. The van der Waals surface area contributed by atoms with Crippen LogP contribution in [0.15, 0.2) is 0 Å². The summed E-state index contributed by atoms with van der Waals surface area (Å²) < 4.78 is 39.3. The van der Waals surface area contributed by atoms with E-state index < -0.39 is 31.3 Å². The molecule has 12 heavy (non-hydrogen) atoms. The third kappa shape index (κ3) is 4.95. The Hall–Kier alpha value is -0.780. The lowest BCUT2D eigenvalue weighted by Crippen LogP contribution is -2.29. The molecule has 0 fully saturated rings. The number of hydrogen-bond acceptors (Lipinski definition) is 2. The van der Waals surface area contributed by atoms with Gasteiger partial charge in [-0.15, -0.1) is 0 Å². The summed E-state index contributed by atoms with van der Waals surface area (Å²) in [5.41, 5.74) is 0. The average molecular weight is 186 g/mol. The molecule has 0 saturated heterocycles. The van der Waals surface area contributed by atoms with Gasteiger partial charge in [-0.3, -0.25) is 4.79 Å². The summed E-state index contributed by atoms with van der Waals surface area (Å²) in [7, 11) is 0. The Balaban J connectivity index is 3.58. The smallest absolute Gasteiger partial charge is 0.414 e. The van der Waals surface area contributed by atoms with Crippen molar-refractivity contribution in [2.24, 2.45) is 0 Å². The lowest BCUT2D eigenvalue weighted by atomic mass is 10.4. The fourth-order valence-corrected chi connectivity index (χ4v) is 0.418. The van der Waals surface area contributed by atoms with E-state index in [0.717, 1.165) is 6.92 Å². The first-order chi connectivity index (χ1) is 5.34. The van der Waals surface area contributed by atoms with E-state index in [1.54, 1.807) is 0 Å². The molecule has 6 heteroatoms. The molecule has 0 aromatic carbocycles. The Bertz CT molecular complexity index is 155. The average Bonchev–Trinajstić information content (AvgIpc) is 1.84. The maximum absolute atomic E-state index is 11.7. The molecular formula is C6H9F3O3. The van der Waals surface area contributed by atoms with E-state index in [-0.39, 0.29) is 0 Å². The van der Waals surface area contributed by atoms with E-state index in [4.69, 9.17) is 5.11 Å². The first-order valence-electron chi connectivity index (χ1n) is 3.24. The normalized spacial score (nSPS) is 14.3. The van der Waals surface area contributed by atoms with Gasteiger partial charge in [-0.25, -0.2) is 0 Å². The first kappa shape index (κ1) is 11.2. The van der Waals surface area contributed by atoms with E-state index in [0.29, 0.717) is 0 Å². The maximum atomic E-state index is 11.7. The molecule has 0 heterocycles. The van der Waals surface area contributed by atoms with Crippen molar-refractivity contribution in [1.82, 2.24) is 0 Å². The predicted molar refractivity (Wildman–Crippen MR) is 33.7 cm³/mol. The zero-order valence-corrected chi connectivity index (χ0v) is 6.39. The molecule has 0 rings (SSSR count). The van der Waals surface area contributed by atoms with Gasteiger partial charge in [0.05, 0.1) is 13.0 Å². The summed E-state index contributed by atoms with van der Waals surface area (Å²) in [5.74, 6) is -1.18. The van der Waals surface area contributed by atoms with E-state index in [9.17, 15) is 18.0 Å². The van der Waals surface area contributed by atoms with Crippen LogP contribution in [0.4, 0.5) is 13.2 Å². The van der Waals surface area contributed by atoms with Gasteiger partial charge in [0.15, 0.2) is 6.10 Å². The molecule has 0 bridgehead atoms. The van der Waals surface area contributed by atoms with Gasteiger partial charge in [0.2, 0.25) is 0 Å². The lowest BCUT2D eigenvalue weighted by molar-refractivity contribution is -0.214. The number of carbonyl (C=O) groups is 1. The minimum Gasteiger partial charge on any atom is -0.481 e. The van der Waals surface area contributed by atoms with Crippen LogP contribution in [0.25, 0.3) is 0 Å². The minimum absolute atomic E-state index is 0.416. The van der Waals surface area contributed by atoms with Gasteiger partial charge in [-0.2, -0.15) is 13.2 Å². The summed E-state index contributed by atoms with van der Waals surface area (Å²) in [6.45, 7) is 0.415. The third-order valence-corrected chi connectivity index (χ3v) is 1.14. The van der Waals surface area contributed by atoms with Crippen LogP contribution >= 0.6 is 0 Å². The summed E-state index contributed by atoms with van der Waals surface area (Å²) in [4.78, 5) is 9.87. The number of alkyl halides is 3. The first-order valence-corrected chi connectivity index (χ1v) is 3.24. The van der Waals surface area contributed by atoms with Crippen molar-refractivity contribution in [3.63, 3.8) is 0 Å². The van der Waals surface area contributed by atoms with Gasteiger partial charge >= 0.3 is 12.1 Å². The highest BCUT2D eigenvalue weighted by molar-refractivity contribution is 5.66. The van der Waals surface area contributed by atoms with Gasteiger partial charge in [-0.1, -0.05) is 0 Å². The second kappa shape index (κ2) is 4.30. The van der Waals surface area contributed by atoms with Crippen molar-refractivity contribution in [3.8, 4) is 0 Å². The fourth-order valence-electron chi connectivity index (χ4n) is 0.418. The topological polar surface area (TPSA) is 46.5 Å². The molecule has 0 aromatic heterocycles. The van der Waals surface area contributed by atoms with E-state index in [1.165, 1.54) is 0 Å². The van der Waals surface area contributed by atoms with Crippen molar-refractivity contribution in [1.29, 1.82) is 0 Å². The molecule has 0 spiro atoms. The van der Waals surface area contributed by atoms with Gasteiger partial charge in [0.1, 0.15) is 0 Å². The monoisotopic (exact) mass is 186 g/mol. The van der Waals surface area contributed by atoms with Crippen LogP contribution in [0.3, 0.4) is 0 Å². The Morgan fingerprint density at radius 3 is 2.42 bits per heavy atom. The van der Waals surface area contributed by atoms with Crippen molar-refractivity contribution < 1.29 is 27.8 Å². The summed E-state index contributed by atoms with van der Waals surface area (Å²) in [5, 5.41) is 8.07. The number of halogens is 3. The maximum Gasteiger partial charge on any atom is 0.414 e. The number of carboxylic acids is 1. The molecule has 0 aliphatic carbocycles. The predicted octanol–water partition coefficient (Wildman–Crippen LogP) is 1.43. The number of hydrogen-bond donors (Lipinski definition) is 1. The van der Waals surface area contributed by atoms with E-state index in [1.807, 2.05) is 0 Å². The highest BCUT2D eigenvalue weighted by atomic mass is 19.4. The number of carboxylic acid groups (broad SMARTS) is 1. The van der Waals surface area contributed by atoms with E-state index in [2.05, 4.69) is 4.74 Å². The minimum atomic E-state index is -4.42. The summed E-state index contributed by atoms with van der Waals surface area (Å²) in [6.07, 6.45) is -6.74. The molecule has 0 aliphatic heterocycles. The Morgan fingerprint density at radius 2 is 2.08 bits per heavy atom.